The smallest absolute Gasteiger partial charge is 0.283 e. The van der Waals surface area contributed by atoms with Gasteiger partial charge < -0.3 is 10.6 Å². The van der Waals surface area contributed by atoms with E-state index in [4.69, 9.17) is 23.2 Å². The van der Waals surface area contributed by atoms with E-state index < -0.39 is 11.8 Å². The second-order valence-electron chi connectivity index (χ2n) is 7.90. The average Bonchev–Trinajstić information content (AvgIpc) is 3.03. The quantitative estimate of drug-likeness (QED) is 0.455. The van der Waals surface area contributed by atoms with Crippen LogP contribution in [0.2, 0.25) is 5.02 Å². The zero-order valence-electron chi connectivity index (χ0n) is 18.5. The third-order valence-electron chi connectivity index (χ3n) is 5.48. The lowest BCUT2D eigenvalue weighted by molar-refractivity contribution is -0.120. The zero-order chi connectivity index (χ0) is 24.4. The molecular formula is C26H21Cl2N3O3. The van der Waals surface area contributed by atoms with Crippen LogP contribution in [0.5, 0.6) is 0 Å². The van der Waals surface area contributed by atoms with Crippen LogP contribution in [0.15, 0.2) is 77.5 Å². The van der Waals surface area contributed by atoms with Gasteiger partial charge in [0.1, 0.15) is 10.7 Å². The van der Waals surface area contributed by atoms with Gasteiger partial charge in [-0.15, -0.1) is 0 Å². The third-order valence-corrected chi connectivity index (χ3v) is 6.20. The Labute approximate surface area is 207 Å². The molecule has 0 radical (unpaired) electrons. The average molecular weight is 494 g/mol. The molecule has 0 atom stereocenters. The van der Waals surface area contributed by atoms with Gasteiger partial charge in [-0.25, -0.2) is 4.90 Å². The van der Waals surface area contributed by atoms with E-state index in [1.54, 1.807) is 36.4 Å². The zero-order valence-corrected chi connectivity index (χ0v) is 20.0. The minimum absolute atomic E-state index is 0.0380. The standard InChI is InChI=1S/C26H21Cl2N3O3/c1-15-7-11-19(12-8-15)31-25(33)22(28)23(26(31)34)30-21-13-17(10-9-16(21)2)24(32)29-14-18-5-3-4-6-20(18)27/h3-13,30H,14H2,1-2H3,(H,29,32). The second-order valence-corrected chi connectivity index (χ2v) is 8.68. The SMILES string of the molecule is Cc1ccc(N2C(=O)C(Cl)=C(Nc3cc(C(=O)NCc4ccccc4Cl)ccc3C)C2=O)cc1. The van der Waals surface area contributed by atoms with Crippen LogP contribution in [0.3, 0.4) is 0 Å². The normalized spacial score (nSPS) is 13.5. The number of imide groups is 1. The predicted octanol–water partition coefficient (Wildman–Crippen LogP) is 5.32. The van der Waals surface area contributed by atoms with Crippen LogP contribution in [0.1, 0.15) is 27.0 Å². The Bertz CT molecular complexity index is 1330. The number of nitrogens with zero attached hydrogens (tertiary/aromatic N) is 1. The number of halogens is 2. The van der Waals surface area contributed by atoms with Gasteiger partial charge in [0.2, 0.25) is 0 Å². The summed E-state index contributed by atoms with van der Waals surface area (Å²) in [6.07, 6.45) is 0. The molecule has 1 aliphatic rings. The maximum atomic E-state index is 13.0. The minimum Gasteiger partial charge on any atom is -0.349 e. The Kier molecular flexibility index (Phi) is 6.72. The Morgan fingerprint density at radius 3 is 2.32 bits per heavy atom. The van der Waals surface area contributed by atoms with Crippen LogP contribution >= 0.6 is 23.2 Å². The summed E-state index contributed by atoms with van der Waals surface area (Å²) in [7, 11) is 0. The van der Waals surface area contributed by atoms with E-state index in [0.29, 0.717) is 22.0 Å². The summed E-state index contributed by atoms with van der Waals surface area (Å²) in [5.74, 6) is -1.48. The molecule has 34 heavy (non-hydrogen) atoms. The highest BCUT2D eigenvalue weighted by molar-refractivity contribution is 6.53. The summed E-state index contributed by atoms with van der Waals surface area (Å²) in [4.78, 5) is 39.5. The summed E-state index contributed by atoms with van der Waals surface area (Å²) in [5, 5.41) is 6.16. The van der Waals surface area contributed by atoms with Gasteiger partial charge in [0, 0.05) is 22.8 Å². The number of rotatable bonds is 6. The van der Waals surface area contributed by atoms with Crippen LogP contribution in [0, 0.1) is 13.8 Å². The first kappa shape index (κ1) is 23.5. The molecule has 3 aromatic carbocycles. The minimum atomic E-state index is -0.607. The molecule has 1 aliphatic heterocycles. The first-order chi connectivity index (χ1) is 16.3. The van der Waals surface area contributed by atoms with Crippen molar-refractivity contribution in [3.8, 4) is 0 Å². The fourth-order valence-corrected chi connectivity index (χ4v) is 3.91. The van der Waals surface area contributed by atoms with Crippen molar-refractivity contribution in [3.63, 3.8) is 0 Å². The Morgan fingerprint density at radius 2 is 1.62 bits per heavy atom. The van der Waals surface area contributed by atoms with Gasteiger partial charge in [-0.3, -0.25) is 14.4 Å². The van der Waals surface area contributed by atoms with Crippen LogP contribution in [-0.2, 0) is 16.1 Å². The van der Waals surface area contributed by atoms with E-state index in [1.165, 1.54) is 0 Å². The van der Waals surface area contributed by atoms with Crippen molar-refractivity contribution >= 4 is 52.3 Å². The molecule has 3 amide bonds. The third kappa shape index (κ3) is 4.69. The Hall–Kier alpha value is -3.61. The van der Waals surface area contributed by atoms with Crippen molar-refractivity contribution in [1.29, 1.82) is 0 Å². The van der Waals surface area contributed by atoms with Gasteiger partial charge in [-0.05, 0) is 55.3 Å². The number of benzene rings is 3. The van der Waals surface area contributed by atoms with Gasteiger partial charge in [0.05, 0.1) is 5.69 Å². The van der Waals surface area contributed by atoms with Crippen molar-refractivity contribution in [2.45, 2.75) is 20.4 Å². The highest BCUT2D eigenvalue weighted by Crippen LogP contribution is 2.31. The number of aryl methyl sites for hydroxylation is 2. The number of hydrogen-bond acceptors (Lipinski definition) is 4. The van der Waals surface area contributed by atoms with Crippen LogP contribution < -0.4 is 15.5 Å². The highest BCUT2D eigenvalue weighted by atomic mass is 35.5. The first-order valence-electron chi connectivity index (χ1n) is 10.5. The van der Waals surface area contributed by atoms with E-state index in [-0.39, 0.29) is 23.2 Å². The predicted molar refractivity (Wildman–Crippen MR) is 134 cm³/mol. The van der Waals surface area contributed by atoms with E-state index >= 15 is 0 Å². The van der Waals surface area contributed by atoms with Gasteiger partial charge in [-0.1, -0.05) is 65.2 Å². The summed E-state index contributed by atoms with van der Waals surface area (Å²) in [6.45, 7) is 4.00. The molecule has 0 saturated carbocycles. The van der Waals surface area contributed by atoms with Crippen LogP contribution in [0.4, 0.5) is 11.4 Å². The summed E-state index contributed by atoms with van der Waals surface area (Å²) in [6, 6.07) is 19.3. The van der Waals surface area contributed by atoms with Crippen molar-refractivity contribution in [2.24, 2.45) is 0 Å². The lowest BCUT2D eigenvalue weighted by Gasteiger charge is -2.16. The molecule has 2 N–H and O–H groups in total. The Morgan fingerprint density at radius 1 is 0.912 bits per heavy atom. The summed E-state index contributed by atoms with van der Waals surface area (Å²) < 4.78 is 0. The fourth-order valence-electron chi connectivity index (χ4n) is 3.49. The number of anilines is 2. The summed E-state index contributed by atoms with van der Waals surface area (Å²) >= 11 is 12.4. The monoisotopic (exact) mass is 493 g/mol. The molecule has 0 aromatic heterocycles. The van der Waals surface area contributed by atoms with Gasteiger partial charge in [0.25, 0.3) is 17.7 Å². The molecule has 1 heterocycles. The molecule has 0 bridgehead atoms. The maximum absolute atomic E-state index is 13.0. The fraction of sp³-hybridized carbons (Fsp3) is 0.115. The van der Waals surface area contributed by atoms with Crippen molar-refractivity contribution in [1.82, 2.24) is 5.32 Å². The maximum Gasteiger partial charge on any atom is 0.283 e. The molecule has 0 saturated heterocycles. The molecule has 3 aromatic rings. The lowest BCUT2D eigenvalue weighted by atomic mass is 10.1. The number of nitrogens with one attached hydrogen (secondary N) is 2. The molecule has 0 spiro atoms. The number of carbonyl (C=O) groups excluding carboxylic acids is 3. The van der Waals surface area contributed by atoms with Crippen molar-refractivity contribution in [2.75, 3.05) is 10.2 Å². The first-order valence-corrected chi connectivity index (χ1v) is 11.3. The number of carbonyl (C=O) groups is 3. The van der Waals surface area contributed by atoms with E-state index in [9.17, 15) is 14.4 Å². The second kappa shape index (κ2) is 9.71. The van der Waals surface area contributed by atoms with Crippen LogP contribution in [0.25, 0.3) is 0 Å². The molecule has 6 nitrogen and oxygen atoms in total. The molecule has 0 unspecified atom stereocenters. The largest absolute Gasteiger partial charge is 0.349 e. The molecule has 0 fully saturated rings. The van der Waals surface area contributed by atoms with Crippen molar-refractivity contribution in [3.05, 3.63) is 105 Å². The van der Waals surface area contributed by atoms with Crippen LogP contribution in [-0.4, -0.2) is 17.7 Å². The van der Waals surface area contributed by atoms with E-state index in [0.717, 1.165) is 21.6 Å². The summed E-state index contributed by atoms with van der Waals surface area (Å²) in [5.41, 5.74) is 3.83. The number of hydrogen-bond donors (Lipinski definition) is 2. The van der Waals surface area contributed by atoms with Gasteiger partial charge in [0.15, 0.2) is 0 Å². The highest BCUT2D eigenvalue weighted by Gasteiger charge is 2.39. The molecular weight excluding hydrogens is 473 g/mol. The number of amides is 3. The molecule has 172 valence electrons. The molecule has 8 heteroatoms. The van der Waals surface area contributed by atoms with Gasteiger partial charge >= 0.3 is 0 Å². The topological polar surface area (TPSA) is 78.5 Å². The molecule has 4 rings (SSSR count). The Balaban J connectivity index is 1.53. The van der Waals surface area contributed by atoms with E-state index in [1.807, 2.05) is 44.2 Å². The van der Waals surface area contributed by atoms with E-state index in [2.05, 4.69) is 10.6 Å². The van der Waals surface area contributed by atoms with Crippen molar-refractivity contribution < 1.29 is 14.4 Å². The molecule has 0 aliphatic carbocycles. The lowest BCUT2D eigenvalue weighted by Crippen LogP contribution is -2.32. The van der Waals surface area contributed by atoms with Gasteiger partial charge in [-0.2, -0.15) is 0 Å².